The molecule has 0 amide bonds. The van der Waals surface area contributed by atoms with Crippen LogP contribution in [0.5, 0.6) is 0 Å². The standard InChI is InChI=1S/C20H23FN2/c1-2-13-9-15-5-7-20(15)12-23(19(13)20)8-6-14-11-22-18-10-16(21)3-4-17(14)18/h3-5,7,10-11,13,15,19,22H,2,6,8-9,12H2,1H3. The average molecular weight is 310 g/mol. The van der Waals surface area contributed by atoms with E-state index in [2.05, 4.69) is 35.2 Å². The van der Waals surface area contributed by atoms with Crippen molar-refractivity contribution in [1.82, 2.24) is 9.88 Å². The Morgan fingerprint density at radius 2 is 2.30 bits per heavy atom. The van der Waals surface area contributed by atoms with Crippen LogP contribution in [-0.2, 0) is 6.42 Å². The number of fused-ring (bicyclic) bond motifs is 1. The molecule has 120 valence electrons. The fourth-order valence-electron chi connectivity index (χ4n) is 5.47. The molecule has 1 saturated carbocycles. The molecule has 2 nitrogen and oxygen atoms in total. The molecule has 0 bridgehead atoms. The highest BCUT2D eigenvalue weighted by Gasteiger charge is 2.64. The van der Waals surface area contributed by atoms with Crippen LogP contribution < -0.4 is 0 Å². The van der Waals surface area contributed by atoms with Crippen LogP contribution in [-0.4, -0.2) is 29.0 Å². The van der Waals surface area contributed by atoms with Crippen molar-refractivity contribution in [2.45, 2.75) is 32.2 Å². The maximum Gasteiger partial charge on any atom is 0.125 e. The summed E-state index contributed by atoms with van der Waals surface area (Å²) in [7, 11) is 0. The van der Waals surface area contributed by atoms with Crippen LogP contribution >= 0.6 is 0 Å². The molecule has 2 heterocycles. The van der Waals surface area contributed by atoms with Gasteiger partial charge in [-0.3, -0.25) is 4.90 Å². The van der Waals surface area contributed by atoms with E-state index in [4.69, 9.17) is 0 Å². The average Bonchev–Trinajstić information content (AvgIpc) is 2.97. The lowest BCUT2D eigenvalue weighted by Crippen LogP contribution is -2.66. The van der Waals surface area contributed by atoms with Gasteiger partial charge in [0.2, 0.25) is 0 Å². The Morgan fingerprint density at radius 1 is 1.39 bits per heavy atom. The first kappa shape index (κ1) is 13.8. The molecule has 5 rings (SSSR count). The van der Waals surface area contributed by atoms with Gasteiger partial charge in [-0.05, 0) is 48.4 Å². The highest BCUT2D eigenvalue weighted by molar-refractivity contribution is 5.83. The van der Waals surface area contributed by atoms with Gasteiger partial charge in [0.1, 0.15) is 5.82 Å². The summed E-state index contributed by atoms with van der Waals surface area (Å²) < 4.78 is 13.3. The summed E-state index contributed by atoms with van der Waals surface area (Å²) in [4.78, 5) is 5.91. The van der Waals surface area contributed by atoms with E-state index in [1.807, 2.05) is 6.07 Å². The van der Waals surface area contributed by atoms with E-state index < -0.39 is 0 Å². The second-order valence-electron chi connectivity index (χ2n) is 7.65. The summed E-state index contributed by atoms with van der Waals surface area (Å²) in [6.07, 6.45) is 10.7. The summed E-state index contributed by atoms with van der Waals surface area (Å²) in [6.45, 7) is 4.70. The van der Waals surface area contributed by atoms with E-state index in [1.165, 1.54) is 30.3 Å². The summed E-state index contributed by atoms with van der Waals surface area (Å²) in [6, 6.07) is 5.82. The Hall–Kier alpha value is -1.61. The molecule has 23 heavy (non-hydrogen) atoms. The Labute approximate surface area is 136 Å². The molecule has 2 aliphatic carbocycles. The van der Waals surface area contributed by atoms with E-state index >= 15 is 0 Å². The Kier molecular flexibility index (Phi) is 2.82. The van der Waals surface area contributed by atoms with Gasteiger partial charge in [0, 0.05) is 41.6 Å². The van der Waals surface area contributed by atoms with Crippen molar-refractivity contribution in [1.29, 1.82) is 0 Å². The lowest BCUT2D eigenvalue weighted by atomic mass is 9.61. The van der Waals surface area contributed by atoms with Crippen LogP contribution in [0.3, 0.4) is 0 Å². The number of benzene rings is 1. The molecule has 1 N–H and O–H groups in total. The minimum absolute atomic E-state index is 0.171. The zero-order valence-electron chi connectivity index (χ0n) is 13.6. The van der Waals surface area contributed by atoms with Gasteiger partial charge in [-0.15, -0.1) is 0 Å². The van der Waals surface area contributed by atoms with Crippen molar-refractivity contribution in [3.63, 3.8) is 0 Å². The fraction of sp³-hybridized carbons (Fsp3) is 0.500. The first-order valence-electron chi connectivity index (χ1n) is 8.90. The summed E-state index contributed by atoms with van der Waals surface area (Å²) in [5, 5.41) is 1.17. The van der Waals surface area contributed by atoms with E-state index in [9.17, 15) is 4.39 Å². The van der Waals surface area contributed by atoms with Gasteiger partial charge < -0.3 is 4.98 Å². The van der Waals surface area contributed by atoms with Crippen LogP contribution in [0.25, 0.3) is 10.9 Å². The summed E-state index contributed by atoms with van der Waals surface area (Å²) in [5.74, 6) is 1.54. The van der Waals surface area contributed by atoms with Crippen molar-refractivity contribution in [3.8, 4) is 0 Å². The van der Waals surface area contributed by atoms with Crippen LogP contribution in [0.15, 0.2) is 36.5 Å². The molecule has 1 saturated heterocycles. The first-order chi connectivity index (χ1) is 11.2. The van der Waals surface area contributed by atoms with Gasteiger partial charge >= 0.3 is 0 Å². The van der Waals surface area contributed by atoms with E-state index in [0.717, 1.165) is 36.4 Å². The molecule has 0 radical (unpaired) electrons. The number of likely N-dealkylation sites (tertiary alicyclic amines) is 1. The molecular weight excluding hydrogens is 287 g/mol. The van der Waals surface area contributed by atoms with Gasteiger partial charge in [0.25, 0.3) is 0 Å². The van der Waals surface area contributed by atoms with Crippen LogP contribution in [0.4, 0.5) is 4.39 Å². The molecule has 4 unspecified atom stereocenters. The fourth-order valence-corrected chi connectivity index (χ4v) is 5.47. The minimum atomic E-state index is -0.171. The zero-order chi connectivity index (χ0) is 15.6. The Balaban J connectivity index is 1.32. The maximum atomic E-state index is 13.3. The topological polar surface area (TPSA) is 19.0 Å². The highest BCUT2D eigenvalue weighted by Crippen LogP contribution is 2.62. The van der Waals surface area contributed by atoms with Gasteiger partial charge in [0.15, 0.2) is 0 Å². The van der Waals surface area contributed by atoms with Gasteiger partial charge in [-0.1, -0.05) is 25.5 Å². The highest BCUT2D eigenvalue weighted by atomic mass is 19.1. The van der Waals surface area contributed by atoms with Crippen LogP contribution in [0, 0.1) is 23.1 Å². The molecule has 2 aromatic rings. The predicted molar refractivity (Wildman–Crippen MR) is 90.8 cm³/mol. The molecule has 3 heteroatoms. The van der Waals surface area contributed by atoms with Crippen molar-refractivity contribution in [2.75, 3.05) is 13.1 Å². The Morgan fingerprint density at radius 3 is 3.09 bits per heavy atom. The van der Waals surface area contributed by atoms with Gasteiger partial charge in [-0.25, -0.2) is 4.39 Å². The largest absolute Gasteiger partial charge is 0.361 e. The number of aromatic nitrogens is 1. The normalized spacial score (nSPS) is 35.0. The second-order valence-corrected chi connectivity index (χ2v) is 7.65. The number of aromatic amines is 1. The molecule has 4 atom stereocenters. The number of halogens is 1. The maximum absolute atomic E-state index is 13.3. The summed E-state index contributed by atoms with van der Waals surface area (Å²) in [5.41, 5.74) is 2.76. The number of rotatable bonds is 4. The van der Waals surface area contributed by atoms with Gasteiger partial charge in [0.05, 0.1) is 0 Å². The number of H-pyrrole nitrogens is 1. The van der Waals surface area contributed by atoms with E-state index in [0.29, 0.717) is 5.41 Å². The smallest absolute Gasteiger partial charge is 0.125 e. The third kappa shape index (κ3) is 1.77. The van der Waals surface area contributed by atoms with Crippen molar-refractivity contribution >= 4 is 10.9 Å². The van der Waals surface area contributed by atoms with Crippen molar-refractivity contribution in [2.24, 2.45) is 17.3 Å². The number of allylic oxidation sites excluding steroid dienone is 1. The lowest BCUT2D eigenvalue weighted by Gasteiger charge is -2.59. The van der Waals surface area contributed by atoms with E-state index in [-0.39, 0.29) is 5.82 Å². The minimum Gasteiger partial charge on any atom is -0.361 e. The molecular formula is C20H23FN2. The predicted octanol–water partition coefficient (Wildman–Crippen LogP) is 4.14. The van der Waals surface area contributed by atoms with E-state index in [1.54, 1.807) is 12.1 Å². The van der Waals surface area contributed by atoms with Gasteiger partial charge in [-0.2, -0.15) is 0 Å². The third-order valence-electron chi connectivity index (χ3n) is 6.68. The van der Waals surface area contributed by atoms with Crippen molar-refractivity contribution in [3.05, 3.63) is 47.9 Å². The molecule has 3 aliphatic rings. The zero-order valence-corrected chi connectivity index (χ0v) is 13.6. The Bertz CT molecular complexity index is 792. The second kappa shape index (κ2) is 4.70. The number of hydrogen-bond donors (Lipinski definition) is 1. The third-order valence-corrected chi connectivity index (χ3v) is 6.68. The summed E-state index contributed by atoms with van der Waals surface area (Å²) >= 11 is 0. The SMILES string of the molecule is CCC1CC2C=CC23CN(CCc2c[nH]c4cc(F)ccc24)C13. The molecule has 1 aliphatic heterocycles. The monoisotopic (exact) mass is 310 g/mol. The first-order valence-corrected chi connectivity index (χ1v) is 8.90. The quantitative estimate of drug-likeness (QED) is 0.841. The van der Waals surface area contributed by atoms with Crippen molar-refractivity contribution < 1.29 is 4.39 Å². The number of nitrogens with zero attached hydrogens (tertiary/aromatic N) is 1. The number of hydrogen-bond acceptors (Lipinski definition) is 1. The lowest BCUT2D eigenvalue weighted by molar-refractivity contribution is -0.0603. The molecule has 1 spiro atoms. The molecule has 2 fully saturated rings. The van der Waals surface area contributed by atoms with Crippen LogP contribution in [0.2, 0.25) is 0 Å². The molecule has 1 aromatic heterocycles. The molecule has 1 aromatic carbocycles. The number of nitrogens with one attached hydrogen (secondary N) is 1. The van der Waals surface area contributed by atoms with Crippen LogP contribution in [0.1, 0.15) is 25.3 Å².